The number of rotatable bonds is 7. The summed E-state index contributed by atoms with van der Waals surface area (Å²) in [6, 6.07) is 15.1. The van der Waals surface area contributed by atoms with Gasteiger partial charge in [0.2, 0.25) is 11.8 Å². The van der Waals surface area contributed by atoms with E-state index in [1.165, 1.54) is 16.5 Å². The van der Waals surface area contributed by atoms with E-state index in [1.54, 1.807) is 35.4 Å². The van der Waals surface area contributed by atoms with Gasteiger partial charge in [-0.1, -0.05) is 41.4 Å². The van der Waals surface area contributed by atoms with Gasteiger partial charge >= 0.3 is 6.09 Å². The smallest absolute Gasteiger partial charge is 0.407 e. The van der Waals surface area contributed by atoms with Gasteiger partial charge < -0.3 is 24.4 Å². The van der Waals surface area contributed by atoms with Crippen molar-refractivity contribution in [2.75, 3.05) is 19.6 Å². The van der Waals surface area contributed by atoms with Gasteiger partial charge in [-0.3, -0.25) is 4.79 Å². The molecule has 8 nitrogen and oxygen atoms in total. The van der Waals surface area contributed by atoms with E-state index >= 15 is 0 Å². The number of halogens is 1. The third-order valence-electron chi connectivity index (χ3n) is 6.29. The average molecular weight is 536 g/mol. The molecule has 0 bridgehead atoms. The van der Waals surface area contributed by atoms with Crippen molar-refractivity contribution < 1.29 is 24.2 Å². The molecule has 0 saturated carbocycles. The fraction of sp³-hybridized carbons (Fsp3) is 0.276. The molecular formula is C29H30ClN3O5. The second-order valence-corrected chi connectivity index (χ2v) is 9.71. The molecule has 1 fully saturated rings. The van der Waals surface area contributed by atoms with Crippen LogP contribution >= 0.6 is 11.6 Å². The summed E-state index contributed by atoms with van der Waals surface area (Å²) >= 11 is 6.51. The molecule has 9 heteroatoms. The van der Waals surface area contributed by atoms with E-state index < -0.39 is 6.09 Å². The Morgan fingerprint density at radius 3 is 2.53 bits per heavy atom. The van der Waals surface area contributed by atoms with E-state index in [9.17, 15) is 9.59 Å². The van der Waals surface area contributed by atoms with Gasteiger partial charge in [0.1, 0.15) is 12.4 Å². The predicted molar refractivity (Wildman–Crippen MR) is 146 cm³/mol. The van der Waals surface area contributed by atoms with Gasteiger partial charge in [0, 0.05) is 37.8 Å². The standard InChI is InChI=1S/C29H30ClN3O5/c1-19-4-6-22(7-5-19)18-37-24-9-10-26(31-16-24)38-28-20(2)14-23(15-25(28)30)8-11-27(34)33-13-12-32(29(35)36)17-21(33)3/h4-11,14-16,21H,12-13,17-18H2,1-3H3,(H,35,36)/b11-8+/t21-/m1/s1. The number of hydrogen-bond acceptors (Lipinski definition) is 5. The van der Waals surface area contributed by atoms with E-state index in [1.807, 2.05) is 51.1 Å². The number of carboxylic acid groups (broad SMARTS) is 1. The first-order valence-electron chi connectivity index (χ1n) is 12.3. The lowest BCUT2D eigenvalue weighted by molar-refractivity contribution is -0.129. The molecule has 1 atom stereocenters. The van der Waals surface area contributed by atoms with Crippen LogP contribution in [0.4, 0.5) is 4.79 Å². The third kappa shape index (κ3) is 6.83. The molecule has 2 aromatic carbocycles. The normalized spacial score (nSPS) is 15.5. The second-order valence-electron chi connectivity index (χ2n) is 9.30. The van der Waals surface area contributed by atoms with Crippen LogP contribution in [0.3, 0.4) is 0 Å². The number of amides is 2. The SMILES string of the molecule is Cc1ccc(COc2ccc(Oc3c(C)cc(/C=C/C(=O)N4CCN(C(=O)O)C[C@H]4C)cc3Cl)nc2)cc1. The van der Waals surface area contributed by atoms with Crippen molar-refractivity contribution in [2.24, 2.45) is 0 Å². The van der Waals surface area contributed by atoms with E-state index in [2.05, 4.69) is 4.98 Å². The molecule has 198 valence electrons. The van der Waals surface area contributed by atoms with Crippen LogP contribution in [0, 0.1) is 13.8 Å². The molecule has 0 unspecified atom stereocenters. The van der Waals surface area contributed by atoms with Crippen molar-refractivity contribution in [2.45, 2.75) is 33.4 Å². The number of aryl methyl sites for hydroxylation is 2. The molecule has 1 aliphatic rings. The lowest BCUT2D eigenvalue weighted by atomic mass is 10.1. The Bertz CT molecular complexity index is 1300. The summed E-state index contributed by atoms with van der Waals surface area (Å²) in [6.07, 6.45) is 3.81. The first-order valence-corrected chi connectivity index (χ1v) is 12.7. The highest BCUT2D eigenvalue weighted by Crippen LogP contribution is 2.34. The Kier molecular flexibility index (Phi) is 8.53. The average Bonchev–Trinajstić information content (AvgIpc) is 2.89. The number of aromatic nitrogens is 1. The van der Waals surface area contributed by atoms with Gasteiger partial charge in [0.05, 0.1) is 11.2 Å². The Morgan fingerprint density at radius 2 is 1.89 bits per heavy atom. The van der Waals surface area contributed by atoms with Crippen LogP contribution in [0.15, 0.2) is 60.8 Å². The largest absolute Gasteiger partial charge is 0.487 e. The Morgan fingerprint density at radius 1 is 1.13 bits per heavy atom. The topological polar surface area (TPSA) is 92.2 Å². The quantitative estimate of drug-likeness (QED) is 0.376. The van der Waals surface area contributed by atoms with Gasteiger partial charge in [0.15, 0.2) is 5.75 Å². The molecular weight excluding hydrogens is 506 g/mol. The molecule has 1 aromatic heterocycles. The highest BCUT2D eigenvalue weighted by molar-refractivity contribution is 6.32. The molecule has 2 amide bonds. The number of benzene rings is 2. The monoisotopic (exact) mass is 535 g/mol. The summed E-state index contributed by atoms with van der Waals surface area (Å²) in [5.74, 6) is 1.31. The predicted octanol–water partition coefficient (Wildman–Crippen LogP) is 5.95. The van der Waals surface area contributed by atoms with Crippen molar-refractivity contribution in [1.29, 1.82) is 0 Å². The minimum atomic E-state index is -0.968. The Labute approximate surface area is 227 Å². The van der Waals surface area contributed by atoms with Crippen molar-refractivity contribution in [3.05, 3.63) is 88.1 Å². The van der Waals surface area contributed by atoms with Crippen molar-refractivity contribution >= 4 is 29.7 Å². The first-order chi connectivity index (χ1) is 18.2. The zero-order valence-corrected chi connectivity index (χ0v) is 22.3. The minimum absolute atomic E-state index is 0.175. The number of piperazine rings is 1. The second kappa shape index (κ2) is 12.0. The van der Waals surface area contributed by atoms with Crippen molar-refractivity contribution in [3.63, 3.8) is 0 Å². The van der Waals surface area contributed by atoms with Crippen LogP contribution in [0.1, 0.15) is 29.2 Å². The summed E-state index contributed by atoms with van der Waals surface area (Å²) in [5, 5.41) is 9.55. The highest BCUT2D eigenvalue weighted by Gasteiger charge is 2.28. The van der Waals surface area contributed by atoms with Gasteiger partial charge in [-0.2, -0.15) is 0 Å². The zero-order chi connectivity index (χ0) is 27.2. The number of ether oxygens (including phenoxy) is 2. The van der Waals surface area contributed by atoms with Crippen LogP contribution < -0.4 is 9.47 Å². The Balaban J connectivity index is 1.36. The maximum Gasteiger partial charge on any atom is 0.407 e. The van der Waals surface area contributed by atoms with E-state index in [0.29, 0.717) is 48.6 Å². The molecule has 1 aliphatic heterocycles. The summed E-state index contributed by atoms with van der Waals surface area (Å²) < 4.78 is 11.7. The summed E-state index contributed by atoms with van der Waals surface area (Å²) in [4.78, 5) is 31.2. The summed E-state index contributed by atoms with van der Waals surface area (Å²) in [7, 11) is 0. The van der Waals surface area contributed by atoms with Crippen LogP contribution in [0.2, 0.25) is 5.02 Å². The van der Waals surface area contributed by atoms with E-state index in [-0.39, 0.29) is 11.9 Å². The summed E-state index contributed by atoms with van der Waals surface area (Å²) in [6.45, 7) is 7.14. The van der Waals surface area contributed by atoms with E-state index in [0.717, 1.165) is 16.7 Å². The van der Waals surface area contributed by atoms with E-state index in [4.69, 9.17) is 26.2 Å². The molecule has 0 aliphatic carbocycles. The Hall–Kier alpha value is -4.04. The van der Waals surface area contributed by atoms with Gasteiger partial charge in [0.25, 0.3) is 0 Å². The number of nitrogens with zero attached hydrogens (tertiary/aromatic N) is 3. The summed E-state index contributed by atoms with van der Waals surface area (Å²) in [5.41, 5.74) is 3.81. The zero-order valence-electron chi connectivity index (χ0n) is 21.6. The van der Waals surface area contributed by atoms with Crippen LogP contribution in [-0.2, 0) is 11.4 Å². The van der Waals surface area contributed by atoms with Gasteiger partial charge in [-0.15, -0.1) is 0 Å². The molecule has 1 saturated heterocycles. The van der Waals surface area contributed by atoms with Crippen molar-refractivity contribution in [3.8, 4) is 17.4 Å². The maximum atomic E-state index is 12.7. The third-order valence-corrected chi connectivity index (χ3v) is 6.57. The fourth-order valence-electron chi connectivity index (χ4n) is 4.17. The molecule has 0 spiro atoms. The highest BCUT2D eigenvalue weighted by atomic mass is 35.5. The van der Waals surface area contributed by atoms with Crippen LogP contribution in [-0.4, -0.2) is 57.6 Å². The lowest BCUT2D eigenvalue weighted by Gasteiger charge is -2.38. The lowest BCUT2D eigenvalue weighted by Crippen LogP contribution is -2.54. The van der Waals surface area contributed by atoms with Gasteiger partial charge in [-0.25, -0.2) is 9.78 Å². The first kappa shape index (κ1) is 27.0. The molecule has 3 aromatic rings. The molecule has 38 heavy (non-hydrogen) atoms. The number of pyridine rings is 1. The molecule has 0 radical (unpaired) electrons. The van der Waals surface area contributed by atoms with Gasteiger partial charge in [-0.05, 0) is 61.7 Å². The van der Waals surface area contributed by atoms with Crippen LogP contribution in [0.25, 0.3) is 6.08 Å². The number of hydrogen-bond donors (Lipinski definition) is 1. The maximum absolute atomic E-state index is 12.7. The van der Waals surface area contributed by atoms with Crippen LogP contribution in [0.5, 0.6) is 17.4 Å². The van der Waals surface area contributed by atoms with Crippen molar-refractivity contribution in [1.82, 2.24) is 14.8 Å². The number of carbonyl (C=O) groups is 2. The molecule has 2 heterocycles. The minimum Gasteiger partial charge on any atom is -0.487 e. The molecule has 1 N–H and O–H groups in total. The fourth-order valence-corrected chi connectivity index (χ4v) is 4.49. The number of carbonyl (C=O) groups excluding carboxylic acids is 1. The molecule has 4 rings (SSSR count).